The Hall–Kier alpha value is -1.62. The van der Waals surface area contributed by atoms with E-state index < -0.39 is 5.92 Å². The summed E-state index contributed by atoms with van der Waals surface area (Å²) in [7, 11) is 1.37. The molecule has 1 aromatic carbocycles. The molecule has 2 aliphatic heterocycles. The van der Waals surface area contributed by atoms with Gasteiger partial charge in [-0.2, -0.15) is 0 Å². The summed E-state index contributed by atoms with van der Waals surface area (Å²) in [6, 6.07) is 9.81. The first-order chi connectivity index (χ1) is 10.1. The number of benzene rings is 1. The van der Waals surface area contributed by atoms with Crippen molar-refractivity contribution < 1.29 is 14.3 Å². The Morgan fingerprint density at radius 1 is 1.38 bits per heavy atom. The fourth-order valence-electron chi connectivity index (χ4n) is 3.13. The van der Waals surface area contributed by atoms with E-state index in [2.05, 4.69) is 15.9 Å². The molecule has 0 saturated carbocycles. The molecular weight excluding hydrogens is 334 g/mol. The van der Waals surface area contributed by atoms with Crippen LogP contribution in [0, 0.1) is 11.8 Å². The van der Waals surface area contributed by atoms with E-state index in [4.69, 9.17) is 4.74 Å². The second kappa shape index (κ2) is 5.64. The summed E-state index contributed by atoms with van der Waals surface area (Å²) >= 11 is 3.54. The second-order valence-electron chi connectivity index (χ2n) is 5.41. The molecule has 0 aromatic heterocycles. The van der Waals surface area contributed by atoms with Crippen LogP contribution >= 0.6 is 15.9 Å². The molecule has 110 valence electrons. The maximum absolute atomic E-state index is 12.6. The van der Waals surface area contributed by atoms with Crippen LogP contribution in [0.4, 0.5) is 0 Å². The van der Waals surface area contributed by atoms with Crippen molar-refractivity contribution >= 4 is 27.8 Å². The topological polar surface area (TPSA) is 46.6 Å². The molecule has 0 spiro atoms. The molecule has 4 nitrogen and oxygen atoms in total. The van der Waals surface area contributed by atoms with Gasteiger partial charge in [-0.3, -0.25) is 9.59 Å². The number of halogens is 1. The summed E-state index contributed by atoms with van der Waals surface area (Å²) in [5.74, 6) is -1.07. The van der Waals surface area contributed by atoms with Gasteiger partial charge in [-0.25, -0.2) is 0 Å². The van der Waals surface area contributed by atoms with E-state index >= 15 is 0 Å². The Bertz CT molecular complexity index is 599. The summed E-state index contributed by atoms with van der Waals surface area (Å²) in [6.45, 7) is 0.567. The van der Waals surface area contributed by atoms with Gasteiger partial charge in [-0.05, 0) is 12.0 Å². The van der Waals surface area contributed by atoms with Gasteiger partial charge in [0.15, 0.2) is 0 Å². The number of methoxy groups -OCH3 is 1. The lowest BCUT2D eigenvalue weighted by Gasteiger charge is -2.46. The molecular formula is C16H16BrNO3. The minimum atomic E-state index is -0.416. The molecule has 21 heavy (non-hydrogen) atoms. The summed E-state index contributed by atoms with van der Waals surface area (Å²) in [5.41, 5.74) is 1.09. The van der Waals surface area contributed by atoms with Crippen molar-refractivity contribution in [2.75, 3.05) is 7.11 Å². The molecule has 3 aliphatic rings. The number of carbonyl (C=O) groups is 2. The van der Waals surface area contributed by atoms with Crippen LogP contribution in [-0.2, 0) is 20.9 Å². The average molecular weight is 350 g/mol. The highest BCUT2D eigenvalue weighted by Crippen LogP contribution is 2.42. The molecule has 1 aromatic rings. The Morgan fingerprint density at radius 2 is 2.10 bits per heavy atom. The molecule has 2 bridgehead atoms. The van der Waals surface area contributed by atoms with Gasteiger partial charge in [0.2, 0.25) is 5.91 Å². The van der Waals surface area contributed by atoms with Crippen LogP contribution in [0.3, 0.4) is 0 Å². The monoisotopic (exact) mass is 349 g/mol. The van der Waals surface area contributed by atoms with Crippen molar-refractivity contribution in [2.45, 2.75) is 19.0 Å². The smallest absolute Gasteiger partial charge is 0.309 e. The van der Waals surface area contributed by atoms with Gasteiger partial charge in [-0.1, -0.05) is 52.3 Å². The summed E-state index contributed by atoms with van der Waals surface area (Å²) in [5, 5.41) is 0. The first-order valence-corrected chi connectivity index (χ1v) is 7.70. The number of rotatable bonds is 3. The van der Waals surface area contributed by atoms with Crippen LogP contribution in [0.2, 0.25) is 0 Å². The fraction of sp³-hybridized carbons (Fsp3) is 0.375. The number of ether oxygens (including phenoxy) is 1. The minimum absolute atomic E-state index is 0.00806. The molecule has 5 heteroatoms. The molecule has 1 aliphatic carbocycles. The first kappa shape index (κ1) is 14.3. The predicted molar refractivity (Wildman–Crippen MR) is 81.4 cm³/mol. The van der Waals surface area contributed by atoms with Crippen LogP contribution in [0.5, 0.6) is 0 Å². The van der Waals surface area contributed by atoms with Gasteiger partial charge >= 0.3 is 5.97 Å². The maximum Gasteiger partial charge on any atom is 0.309 e. The number of carbonyl (C=O) groups excluding carboxylic acids is 2. The molecule has 1 amide bonds. The fourth-order valence-corrected chi connectivity index (χ4v) is 3.84. The Morgan fingerprint density at radius 3 is 2.76 bits per heavy atom. The molecule has 1 fully saturated rings. The van der Waals surface area contributed by atoms with Crippen molar-refractivity contribution in [1.29, 1.82) is 0 Å². The SMILES string of the molecule is COC(=O)[C@@H]1C[C@@H]2C(Br)=C[C@H]1C(=O)N2Cc1ccccc1. The van der Waals surface area contributed by atoms with Gasteiger partial charge in [0, 0.05) is 11.0 Å². The zero-order valence-electron chi connectivity index (χ0n) is 11.7. The van der Waals surface area contributed by atoms with Gasteiger partial charge < -0.3 is 9.64 Å². The van der Waals surface area contributed by atoms with E-state index in [9.17, 15) is 9.59 Å². The largest absolute Gasteiger partial charge is 0.469 e. The zero-order valence-corrected chi connectivity index (χ0v) is 13.2. The number of piperidine rings is 1. The van der Waals surface area contributed by atoms with Crippen LogP contribution in [0.15, 0.2) is 40.9 Å². The maximum atomic E-state index is 12.6. The van der Waals surface area contributed by atoms with Crippen LogP contribution in [0.25, 0.3) is 0 Å². The molecule has 1 saturated heterocycles. The van der Waals surface area contributed by atoms with Gasteiger partial charge in [0.05, 0.1) is 25.0 Å². The average Bonchev–Trinajstić information content (AvgIpc) is 2.51. The highest BCUT2D eigenvalue weighted by atomic mass is 79.9. The van der Waals surface area contributed by atoms with Crippen molar-refractivity contribution in [3.8, 4) is 0 Å². The van der Waals surface area contributed by atoms with E-state index in [1.165, 1.54) is 7.11 Å². The zero-order chi connectivity index (χ0) is 15.0. The third kappa shape index (κ3) is 2.50. The van der Waals surface area contributed by atoms with Crippen LogP contribution < -0.4 is 0 Å². The number of amides is 1. The number of hydrogen-bond acceptors (Lipinski definition) is 3. The molecule has 0 unspecified atom stereocenters. The summed E-state index contributed by atoms with van der Waals surface area (Å²) in [4.78, 5) is 26.3. The summed E-state index contributed by atoms with van der Waals surface area (Å²) < 4.78 is 5.81. The highest BCUT2D eigenvalue weighted by Gasteiger charge is 2.49. The van der Waals surface area contributed by atoms with E-state index in [-0.39, 0.29) is 23.8 Å². The van der Waals surface area contributed by atoms with Crippen LogP contribution in [-0.4, -0.2) is 29.9 Å². The molecule has 4 rings (SSSR count). The second-order valence-corrected chi connectivity index (χ2v) is 6.33. The van der Waals surface area contributed by atoms with E-state index in [1.54, 1.807) is 0 Å². The van der Waals surface area contributed by atoms with E-state index in [0.29, 0.717) is 13.0 Å². The third-order valence-electron chi connectivity index (χ3n) is 4.21. The van der Waals surface area contributed by atoms with Crippen LogP contribution in [0.1, 0.15) is 12.0 Å². The molecule has 2 heterocycles. The lowest BCUT2D eigenvalue weighted by Crippen LogP contribution is -2.55. The van der Waals surface area contributed by atoms with Crippen molar-refractivity contribution in [2.24, 2.45) is 11.8 Å². The number of esters is 1. The Kier molecular flexibility index (Phi) is 3.85. The predicted octanol–water partition coefficient (Wildman–Crippen LogP) is 2.49. The Labute approximate surface area is 131 Å². The standard InChI is InChI=1S/C16H16BrNO3/c1-21-16(20)12-8-14-13(17)7-11(12)15(19)18(14)9-10-5-3-2-4-6-10/h2-7,11-12,14H,8-9H2,1H3/t11-,12-,14-/m1/s1. The van der Waals surface area contributed by atoms with Crippen molar-refractivity contribution in [3.63, 3.8) is 0 Å². The molecule has 3 atom stereocenters. The van der Waals surface area contributed by atoms with E-state index in [0.717, 1.165) is 10.0 Å². The Balaban J connectivity index is 1.85. The van der Waals surface area contributed by atoms with Gasteiger partial charge in [-0.15, -0.1) is 0 Å². The number of nitrogens with zero attached hydrogens (tertiary/aromatic N) is 1. The summed E-state index contributed by atoms with van der Waals surface area (Å²) in [6.07, 6.45) is 2.48. The lowest BCUT2D eigenvalue weighted by atomic mass is 9.76. The normalized spacial score (nSPS) is 27.5. The highest BCUT2D eigenvalue weighted by molar-refractivity contribution is 9.11. The third-order valence-corrected chi connectivity index (χ3v) is 5.00. The number of hydrogen-bond donors (Lipinski definition) is 0. The molecule has 0 N–H and O–H groups in total. The lowest BCUT2D eigenvalue weighted by molar-refractivity contribution is -0.158. The van der Waals surface area contributed by atoms with Gasteiger partial charge in [0.1, 0.15) is 0 Å². The van der Waals surface area contributed by atoms with Crippen molar-refractivity contribution in [1.82, 2.24) is 4.90 Å². The van der Waals surface area contributed by atoms with Crippen molar-refractivity contribution in [3.05, 3.63) is 46.5 Å². The quantitative estimate of drug-likeness (QED) is 0.787. The van der Waals surface area contributed by atoms with Gasteiger partial charge in [0.25, 0.3) is 0 Å². The number of fused-ring (bicyclic) bond motifs is 2. The van der Waals surface area contributed by atoms with E-state index in [1.807, 2.05) is 41.3 Å². The molecule has 0 radical (unpaired) electrons. The minimum Gasteiger partial charge on any atom is -0.469 e. The first-order valence-electron chi connectivity index (χ1n) is 6.91.